The summed E-state index contributed by atoms with van der Waals surface area (Å²) < 4.78 is 15.5. The van der Waals surface area contributed by atoms with Crippen LogP contribution in [0.25, 0.3) is 93.9 Å². The van der Waals surface area contributed by atoms with Crippen molar-refractivity contribution in [2.75, 3.05) is 0 Å². The number of hydrogen-bond acceptors (Lipinski definition) is 2. The van der Waals surface area contributed by atoms with Gasteiger partial charge in [-0.3, -0.25) is 0 Å². The van der Waals surface area contributed by atoms with E-state index >= 15 is 0 Å². The fraction of sp³-hybridized carbons (Fsp3) is 0.0400. The summed E-state index contributed by atoms with van der Waals surface area (Å²) in [6.07, 6.45) is -0.0245. The van der Waals surface area contributed by atoms with Crippen LogP contribution in [0.3, 0.4) is 0 Å². The summed E-state index contributed by atoms with van der Waals surface area (Å²) >= 11 is 0. The predicted octanol–water partition coefficient (Wildman–Crippen LogP) is 13.8. The molecule has 0 radical (unpaired) electrons. The number of benzene rings is 8. The van der Waals surface area contributed by atoms with Crippen LogP contribution in [-0.4, -0.2) is 4.57 Å². The zero-order valence-electron chi connectivity index (χ0n) is 29.1. The quantitative estimate of drug-likeness (QED) is 0.185. The van der Waals surface area contributed by atoms with Crippen LogP contribution in [-0.2, 0) is 0 Å². The van der Waals surface area contributed by atoms with Gasteiger partial charge in [0.05, 0.1) is 11.0 Å². The minimum atomic E-state index is -0.0245. The van der Waals surface area contributed by atoms with E-state index in [1.54, 1.807) is 0 Å². The van der Waals surface area contributed by atoms with Gasteiger partial charge in [0, 0.05) is 49.5 Å². The van der Waals surface area contributed by atoms with Crippen LogP contribution in [0.1, 0.15) is 18.6 Å². The number of nitrogens with zero attached hydrogens (tertiary/aromatic N) is 1. The van der Waals surface area contributed by atoms with E-state index in [1.165, 1.54) is 33.0 Å². The summed E-state index contributed by atoms with van der Waals surface area (Å²) in [7, 11) is 0. The lowest BCUT2D eigenvalue weighted by Gasteiger charge is -2.27. The molecule has 8 aromatic carbocycles. The van der Waals surface area contributed by atoms with E-state index in [4.69, 9.17) is 9.15 Å². The van der Waals surface area contributed by atoms with Crippen molar-refractivity contribution in [1.82, 2.24) is 4.57 Å². The SMILES string of the molecule is CC1Oc2cc(-c3cccc4c5cccc(-c6ccc7c(c6)oc6ccccc67)c5n(-c5cccc(-c6ccccc6)c5)c34)ccc2-c2ccccc21. The van der Waals surface area contributed by atoms with Crippen molar-refractivity contribution < 1.29 is 9.15 Å². The lowest BCUT2D eigenvalue weighted by molar-refractivity contribution is 0.223. The van der Waals surface area contributed by atoms with Gasteiger partial charge in [0.2, 0.25) is 0 Å². The molecule has 0 N–H and O–H groups in total. The molecule has 1 aliphatic rings. The van der Waals surface area contributed by atoms with Gasteiger partial charge >= 0.3 is 0 Å². The Morgan fingerprint density at radius 1 is 0.415 bits per heavy atom. The van der Waals surface area contributed by atoms with E-state index in [0.29, 0.717) is 0 Å². The van der Waals surface area contributed by atoms with Gasteiger partial charge in [-0.05, 0) is 71.1 Å². The van der Waals surface area contributed by atoms with Crippen molar-refractivity contribution in [3.8, 4) is 55.9 Å². The fourth-order valence-corrected chi connectivity index (χ4v) is 8.55. The van der Waals surface area contributed by atoms with Crippen LogP contribution in [0.15, 0.2) is 180 Å². The Morgan fingerprint density at radius 3 is 1.87 bits per heavy atom. The molecule has 1 unspecified atom stereocenters. The van der Waals surface area contributed by atoms with Crippen LogP contribution in [0.2, 0.25) is 0 Å². The smallest absolute Gasteiger partial charge is 0.136 e. The zero-order valence-corrected chi connectivity index (χ0v) is 29.1. The first-order chi connectivity index (χ1) is 26.2. The average Bonchev–Trinajstić information content (AvgIpc) is 3.77. The van der Waals surface area contributed by atoms with Crippen molar-refractivity contribution in [2.24, 2.45) is 0 Å². The normalized spacial score (nSPS) is 13.7. The van der Waals surface area contributed by atoms with Crippen LogP contribution >= 0.6 is 0 Å². The van der Waals surface area contributed by atoms with Crippen molar-refractivity contribution in [2.45, 2.75) is 13.0 Å². The first-order valence-corrected chi connectivity index (χ1v) is 18.2. The zero-order chi connectivity index (χ0) is 35.0. The Morgan fingerprint density at radius 2 is 1.04 bits per heavy atom. The molecule has 0 bridgehead atoms. The molecule has 11 rings (SSSR count). The average molecular weight is 680 g/mol. The monoisotopic (exact) mass is 679 g/mol. The Hall–Kier alpha value is -6.84. The largest absolute Gasteiger partial charge is 0.485 e. The molecule has 0 saturated carbocycles. The topological polar surface area (TPSA) is 27.3 Å². The third-order valence-corrected chi connectivity index (χ3v) is 11.0. The summed E-state index contributed by atoms with van der Waals surface area (Å²) in [5.74, 6) is 0.916. The van der Waals surface area contributed by atoms with Crippen LogP contribution < -0.4 is 4.74 Å². The first kappa shape index (κ1) is 29.8. The second-order valence-corrected chi connectivity index (χ2v) is 14.0. The number of aromatic nitrogens is 1. The molecule has 53 heavy (non-hydrogen) atoms. The molecular formula is C50H33NO2. The molecule has 3 heterocycles. The van der Waals surface area contributed by atoms with E-state index < -0.39 is 0 Å². The van der Waals surface area contributed by atoms with Crippen molar-refractivity contribution >= 4 is 43.7 Å². The van der Waals surface area contributed by atoms with E-state index in [2.05, 4.69) is 175 Å². The summed E-state index contributed by atoms with van der Waals surface area (Å²) in [4.78, 5) is 0. The second kappa shape index (κ2) is 11.6. The summed E-state index contributed by atoms with van der Waals surface area (Å²) in [5.41, 5.74) is 15.7. The van der Waals surface area contributed by atoms with Crippen molar-refractivity contribution in [1.29, 1.82) is 0 Å². The molecule has 0 amide bonds. The van der Waals surface area contributed by atoms with Gasteiger partial charge in [-0.1, -0.05) is 140 Å². The molecule has 250 valence electrons. The van der Waals surface area contributed by atoms with E-state index in [0.717, 1.165) is 72.2 Å². The molecule has 0 fully saturated rings. The first-order valence-electron chi connectivity index (χ1n) is 18.2. The van der Waals surface area contributed by atoms with Crippen molar-refractivity contribution in [3.63, 3.8) is 0 Å². The minimum Gasteiger partial charge on any atom is -0.485 e. The molecule has 2 aromatic heterocycles. The van der Waals surface area contributed by atoms with E-state index in [1.807, 2.05) is 12.1 Å². The number of rotatable bonds is 4. The number of para-hydroxylation sites is 3. The fourth-order valence-electron chi connectivity index (χ4n) is 8.55. The van der Waals surface area contributed by atoms with Crippen molar-refractivity contribution in [3.05, 3.63) is 181 Å². The molecule has 0 aliphatic carbocycles. The van der Waals surface area contributed by atoms with Gasteiger partial charge in [-0.15, -0.1) is 0 Å². The number of ether oxygens (including phenoxy) is 1. The Labute approximate surface area is 306 Å². The van der Waals surface area contributed by atoms with E-state index in [9.17, 15) is 0 Å². The highest BCUT2D eigenvalue weighted by molar-refractivity contribution is 6.18. The van der Waals surface area contributed by atoms with E-state index in [-0.39, 0.29) is 6.10 Å². The van der Waals surface area contributed by atoms with Gasteiger partial charge in [-0.25, -0.2) is 0 Å². The Kier molecular flexibility index (Phi) is 6.53. The number of hydrogen-bond donors (Lipinski definition) is 0. The maximum atomic E-state index is 6.59. The molecule has 10 aromatic rings. The maximum Gasteiger partial charge on any atom is 0.136 e. The summed E-state index contributed by atoms with van der Waals surface area (Å²) in [5, 5.41) is 4.66. The van der Waals surface area contributed by atoms with Gasteiger partial charge in [-0.2, -0.15) is 0 Å². The standard InChI is InChI=1S/C50H33NO2/c1-31-37-16-5-6-17-40(37)42-26-24-34(29-47(42)52-31)38-19-10-21-44-45-22-11-20-39(35-25-27-43-41-18-7-8-23-46(41)53-48(43)30-35)50(45)51(49(38)44)36-15-9-14-33(28-36)32-12-3-2-4-13-32/h2-31H,1H3. The summed E-state index contributed by atoms with van der Waals surface area (Å²) in [6, 6.07) is 63.1. The highest BCUT2D eigenvalue weighted by Gasteiger charge is 2.25. The predicted molar refractivity (Wildman–Crippen MR) is 219 cm³/mol. The lowest BCUT2D eigenvalue weighted by atomic mass is 9.91. The Bertz CT molecular complexity index is 3060. The second-order valence-electron chi connectivity index (χ2n) is 14.0. The number of furan rings is 1. The third kappa shape index (κ3) is 4.60. The number of fused-ring (bicyclic) bond motifs is 9. The van der Waals surface area contributed by atoms with Gasteiger partial charge in [0.15, 0.2) is 0 Å². The van der Waals surface area contributed by atoms with Gasteiger partial charge < -0.3 is 13.7 Å². The van der Waals surface area contributed by atoms with Crippen LogP contribution in [0.4, 0.5) is 0 Å². The Balaban J connectivity index is 1.20. The molecule has 1 aliphatic heterocycles. The van der Waals surface area contributed by atoms with Crippen LogP contribution in [0, 0.1) is 0 Å². The summed E-state index contributed by atoms with van der Waals surface area (Å²) in [6.45, 7) is 2.14. The molecule has 3 heteroatoms. The molecule has 0 saturated heterocycles. The minimum absolute atomic E-state index is 0.0245. The third-order valence-electron chi connectivity index (χ3n) is 11.0. The highest BCUT2D eigenvalue weighted by atomic mass is 16.5. The lowest BCUT2D eigenvalue weighted by Crippen LogP contribution is -2.10. The van der Waals surface area contributed by atoms with Gasteiger partial charge in [0.25, 0.3) is 0 Å². The molecule has 1 atom stereocenters. The molecular weight excluding hydrogens is 647 g/mol. The van der Waals surface area contributed by atoms with Crippen LogP contribution in [0.5, 0.6) is 5.75 Å². The highest BCUT2D eigenvalue weighted by Crippen LogP contribution is 2.47. The molecule has 0 spiro atoms. The molecule has 3 nitrogen and oxygen atoms in total. The van der Waals surface area contributed by atoms with Gasteiger partial charge in [0.1, 0.15) is 23.0 Å². The maximum absolute atomic E-state index is 6.59.